The number of rotatable bonds is 7. The fourth-order valence-electron chi connectivity index (χ4n) is 2.30. The van der Waals surface area contributed by atoms with Crippen LogP contribution in [0, 0.1) is 5.92 Å². The Bertz CT molecular complexity index is 289. The van der Waals surface area contributed by atoms with Crippen LogP contribution in [0.5, 0.6) is 0 Å². The molecule has 1 rings (SSSR count). The Balaban J connectivity index is 2.61. The zero-order chi connectivity index (χ0) is 12.0. The summed E-state index contributed by atoms with van der Waals surface area (Å²) in [6.07, 6.45) is 4.90. The highest BCUT2D eigenvalue weighted by molar-refractivity contribution is 7.11. The van der Waals surface area contributed by atoms with Crippen molar-refractivity contribution in [2.24, 2.45) is 5.92 Å². The van der Waals surface area contributed by atoms with Crippen molar-refractivity contribution in [3.05, 3.63) is 21.9 Å². The van der Waals surface area contributed by atoms with Crippen LogP contribution in [0.25, 0.3) is 0 Å². The summed E-state index contributed by atoms with van der Waals surface area (Å²) in [5.41, 5.74) is 0. The van der Waals surface area contributed by atoms with Crippen LogP contribution in [0.1, 0.15) is 43.4 Å². The molecule has 16 heavy (non-hydrogen) atoms. The Kier molecular flexibility index (Phi) is 6.07. The lowest BCUT2D eigenvalue weighted by Crippen LogP contribution is -2.34. The van der Waals surface area contributed by atoms with Gasteiger partial charge in [0.1, 0.15) is 0 Å². The first-order valence-corrected chi connectivity index (χ1v) is 7.31. The first-order chi connectivity index (χ1) is 7.74. The van der Waals surface area contributed by atoms with E-state index in [2.05, 4.69) is 45.3 Å². The molecule has 0 aliphatic heterocycles. The molecule has 1 N–H and O–H groups in total. The summed E-state index contributed by atoms with van der Waals surface area (Å²) in [6.45, 7) is 6.82. The zero-order valence-corrected chi connectivity index (χ0v) is 11.9. The summed E-state index contributed by atoms with van der Waals surface area (Å²) in [6, 6.07) is 5.22. The molecule has 1 aromatic rings. The highest BCUT2D eigenvalue weighted by Gasteiger charge is 2.17. The van der Waals surface area contributed by atoms with Gasteiger partial charge in [-0.15, -0.1) is 11.3 Å². The normalized spacial score (nSPS) is 13.3. The highest BCUT2D eigenvalue weighted by Crippen LogP contribution is 2.22. The number of likely N-dealkylation sites (N-methyl/N-ethyl adjacent to an activating group) is 1. The van der Waals surface area contributed by atoms with Crippen molar-refractivity contribution in [3.8, 4) is 0 Å². The number of hydrogen-bond donors (Lipinski definition) is 1. The molecular weight excluding hydrogens is 214 g/mol. The minimum atomic E-state index is 0.637. The highest BCUT2D eigenvalue weighted by atomic mass is 32.1. The SMILES string of the molecule is CCc1ccc(CC(NC)C(CC)CC)s1. The molecule has 2 heteroatoms. The molecule has 0 aliphatic rings. The predicted octanol–water partition coefficient (Wildman–Crippen LogP) is 3.88. The number of aryl methyl sites for hydroxylation is 1. The summed E-state index contributed by atoms with van der Waals surface area (Å²) >= 11 is 1.97. The Morgan fingerprint density at radius 1 is 1.12 bits per heavy atom. The van der Waals surface area contributed by atoms with Crippen LogP contribution < -0.4 is 5.32 Å². The summed E-state index contributed by atoms with van der Waals surface area (Å²) in [4.78, 5) is 3.04. The minimum Gasteiger partial charge on any atom is -0.316 e. The van der Waals surface area contributed by atoms with Crippen molar-refractivity contribution < 1.29 is 0 Å². The summed E-state index contributed by atoms with van der Waals surface area (Å²) in [5.74, 6) is 0.803. The fraction of sp³-hybridized carbons (Fsp3) is 0.714. The van der Waals surface area contributed by atoms with E-state index in [9.17, 15) is 0 Å². The quantitative estimate of drug-likeness (QED) is 0.761. The maximum absolute atomic E-state index is 3.49. The van der Waals surface area contributed by atoms with Gasteiger partial charge in [-0.2, -0.15) is 0 Å². The molecule has 0 aromatic carbocycles. The minimum absolute atomic E-state index is 0.637. The molecule has 0 radical (unpaired) electrons. The molecule has 1 aromatic heterocycles. The lowest BCUT2D eigenvalue weighted by molar-refractivity contribution is 0.350. The van der Waals surface area contributed by atoms with E-state index in [1.807, 2.05) is 11.3 Å². The molecule has 0 fully saturated rings. The Hall–Kier alpha value is -0.340. The van der Waals surface area contributed by atoms with Gasteiger partial charge in [-0.1, -0.05) is 33.6 Å². The standard InChI is InChI=1S/C14H25NS/c1-5-11(6-2)14(15-4)10-13-9-8-12(7-3)16-13/h8-9,11,14-15H,5-7,10H2,1-4H3. The Morgan fingerprint density at radius 2 is 1.75 bits per heavy atom. The molecule has 92 valence electrons. The van der Waals surface area contributed by atoms with Crippen molar-refractivity contribution in [1.29, 1.82) is 0 Å². The first kappa shape index (κ1) is 13.7. The monoisotopic (exact) mass is 239 g/mol. The number of thiophene rings is 1. The molecule has 1 heterocycles. The van der Waals surface area contributed by atoms with Crippen LogP contribution in [0.4, 0.5) is 0 Å². The first-order valence-electron chi connectivity index (χ1n) is 6.49. The van der Waals surface area contributed by atoms with Crippen molar-refractivity contribution >= 4 is 11.3 Å². The average molecular weight is 239 g/mol. The van der Waals surface area contributed by atoms with Gasteiger partial charge >= 0.3 is 0 Å². The molecular formula is C14H25NS. The van der Waals surface area contributed by atoms with Gasteiger partial charge in [0.25, 0.3) is 0 Å². The van der Waals surface area contributed by atoms with E-state index in [0.717, 1.165) is 5.92 Å². The number of nitrogens with one attached hydrogen (secondary N) is 1. The zero-order valence-electron chi connectivity index (χ0n) is 11.0. The average Bonchev–Trinajstić information content (AvgIpc) is 2.77. The summed E-state index contributed by atoms with van der Waals surface area (Å²) in [5, 5.41) is 3.49. The van der Waals surface area contributed by atoms with E-state index in [0.29, 0.717) is 6.04 Å². The van der Waals surface area contributed by atoms with Gasteiger partial charge in [-0.3, -0.25) is 0 Å². The third-order valence-electron chi connectivity index (χ3n) is 3.48. The third-order valence-corrected chi connectivity index (χ3v) is 4.73. The predicted molar refractivity (Wildman–Crippen MR) is 74.3 cm³/mol. The van der Waals surface area contributed by atoms with E-state index >= 15 is 0 Å². The van der Waals surface area contributed by atoms with Crippen LogP contribution >= 0.6 is 11.3 Å². The topological polar surface area (TPSA) is 12.0 Å². The van der Waals surface area contributed by atoms with Crippen molar-refractivity contribution in [2.45, 2.75) is 52.5 Å². The second kappa shape index (κ2) is 7.08. The molecule has 0 saturated carbocycles. The van der Waals surface area contributed by atoms with Crippen LogP contribution in [0.3, 0.4) is 0 Å². The molecule has 0 saturated heterocycles. The fourth-order valence-corrected chi connectivity index (χ4v) is 3.32. The molecule has 1 nitrogen and oxygen atoms in total. The lowest BCUT2D eigenvalue weighted by Gasteiger charge is -2.24. The van der Waals surface area contributed by atoms with E-state index in [1.54, 1.807) is 0 Å². The van der Waals surface area contributed by atoms with E-state index in [-0.39, 0.29) is 0 Å². The molecule has 1 atom stereocenters. The molecule has 1 unspecified atom stereocenters. The Morgan fingerprint density at radius 3 is 2.19 bits per heavy atom. The second-order valence-corrected chi connectivity index (χ2v) is 5.65. The van der Waals surface area contributed by atoms with Gasteiger partial charge in [0.2, 0.25) is 0 Å². The van der Waals surface area contributed by atoms with Gasteiger partial charge in [0, 0.05) is 15.8 Å². The Labute approximate surface area is 104 Å². The molecule has 0 amide bonds. The smallest absolute Gasteiger partial charge is 0.0140 e. The van der Waals surface area contributed by atoms with Gasteiger partial charge < -0.3 is 5.32 Å². The number of hydrogen-bond acceptors (Lipinski definition) is 2. The van der Waals surface area contributed by atoms with Gasteiger partial charge in [0.05, 0.1) is 0 Å². The summed E-state index contributed by atoms with van der Waals surface area (Å²) < 4.78 is 0. The van der Waals surface area contributed by atoms with Crippen molar-refractivity contribution in [1.82, 2.24) is 5.32 Å². The molecule has 0 aliphatic carbocycles. The molecule has 0 spiro atoms. The van der Waals surface area contributed by atoms with E-state index < -0.39 is 0 Å². The van der Waals surface area contributed by atoms with Crippen LogP contribution in [0.2, 0.25) is 0 Å². The summed E-state index contributed by atoms with van der Waals surface area (Å²) in [7, 11) is 2.09. The maximum atomic E-state index is 3.49. The van der Waals surface area contributed by atoms with E-state index in [1.165, 1.54) is 35.4 Å². The maximum Gasteiger partial charge on any atom is 0.0140 e. The van der Waals surface area contributed by atoms with Crippen molar-refractivity contribution in [3.63, 3.8) is 0 Å². The van der Waals surface area contributed by atoms with Crippen LogP contribution in [-0.2, 0) is 12.8 Å². The lowest BCUT2D eigenvalue weighted by atomic mass is 9.91. The van der Waals surface area contributed by atoms with Crippen LogP contribution in [-0.4, -0.2) is 13.1 Å². The van der Waals surface area contributed by atoms with Gasteiger partial charge in [-0.05, 0) is 37.9 Å². The molecule has 0 bridgehead atoms. The van der Waals surface area contributed by atoms with Gasteiger partial charge in [0.15, 0.2) is 0 Å². The van der Waals surface area contributed by atoms with Crippen LogP contribution in [0.15, 0.2) is 12.1 Å². The second-order valence-electron chi connectivity index (χ2n) is 4.40. The van der Waals surface area contributed by atoms with Gasteiger partial charge in [-0.25, -0.2) is 0 Å². The van der Waals surface area contributed by atoms with Crippen molar-refractivity contribution in [2.75, 3.05) is 7.05 Å². The third kappa shape index (κ3) is 3.60. The van der Waals surface area contributed by atoms with E-state index in [4.69, 9.17) is 0 Å². The largest absolute Gasteiger partial charge is 0.316 e.